The van der Waals surface area contributed by atoms with Gasteiger partial charge in [0, 0.05) is 11.1 Å². The number of carbonyl (C=O) groups is 1. The Labute approximate surface area is 85.2 Å². The highest BCUT2D eigenvalue weighted by Crippen LogP contribution is 2.30. The summed E-state index contributed by atoms with van der Waals surface area (Å²) >= 11 is 0. The summed E-state index contributed by atoms with van der Waals surface area (Å²) in [6.07, 6.45) is 1.52. The first-order valence-corrected chi connectivity index (χ1v) is 4.42. The Morgan fingerprint density at radius 3 is 2.80 bits per heavy atom. The Kier molecular flexibility index (Phi) is 2.26. The lowest BCUT2D eigenvalue weighted by Crippen LogP contribution is -2.14. The summed E-state index contributed by atoms with van der Waals surface area (Å²) in [6, 6.07) is 2.40. The molecule has 2 rings (SSSR count). The molecule has 1 aromatic carbocycles. The minimum Gasteiger partial charge on any atom is -0.485 e. The third kappa shape index (κ3) is 1.63. The van der Waals surface area contributed by atoms with Gasteiger partial charge < -0.3 is 4.74 Å². The second-order valence-corrected chi connectivity index (χ2v) is 3.29. The number of hydrogen-bond acceptors (Lipinski definition) is 2. The Bertz CT molecular complexity index is 464. The van der Waals surface area contributed by atoms with Crippen LogP contribution < -0.4 is 4.74 Å². The van der Waals surface area contributed by atoms with Crippen LogP contribution in [0, 0.1) is 11.6 Å². The van der Waals surface area contributed by atoms with Gasteiger partial charge in [-0.15, -0.1) is 0 Å². The molecule has 1 aromatic rings. The number of Topliss-reactive ketones (excluding diaryl/α,β-unsaturated/α-hetero) is 1. The first-order valence-electron chi connectivity index (χ1n) is 4.42. The van der Waals surface area contributed by atoms with Crippen molar-refractivity contribution in [1.29, 1.82) is 0 Å². The van der Waals surface area contributed by atoms with E-state index < -0.39 is 11.6 Å². The number of fused-ring (bicyclic) bond motifs is 1. The average Bonchev–Trinajstić information content (AvgIpc) is 2.23. The highest BCUT2D eigenvalue weighted by molar-refractivity contribution is 5.99. The van der Waals surface area contributed by atoms with Crippen LogP contribution in [0.3, 0.4) is 0 Å². The van der Waals surface area contributed by atoms with Crippen LogP contribution in [0.1, 0.15) is 12.5 Å². The van der Waals surface area contributed by atoms with Gasteiger partial charge in [-0.05, 0) is 25.1 Å². The van der Waals surface area contributed by atoms with Crippen LogP contribution in [0.4, 0.5) is 8.78 Å². The van der Waals surface area contributed by atoms with Gasteiger partial charge in [0.2, 0.25) is 5.82 Å². The Morgan fingerprint density at radius 2 is 2.13 bits per heavy atom. The average molecular weight is 210 g/mol. The van der Waals surface area contributed by atoms with Gasteiger partial charge >= 0.3 is 0 Å². The molecule has 0 aromatic heterocycles. The van der Waals surface area contributed by atoms with E-state index in [2.05, 4.69) is 0 Å². The van der Waals surface area contributed by atoms with Crippen LogP contribution >= 0.6 is 0 Å². The maximum absolute atomic E-state index is 13.2. The van der Waals surface area contributed by atoms with Crippen molar-refractivity contribution in [2.24, 2.45) is 0 Å². The molecular weight excluding hydrogens is 202 g/mol. The van der Waals surface area contributed by atoms with E-state index in [9.17, 15) is 13.6 Å². The molecule has 0 amide bonds. The second-order valence-electron chi connectivity index (χ2n) is 3.29. The van der Waals surface area contributed by atoms with E-state index in [-0.39, 0.29) is 18.1 Å². The lowest BCUT2D eigenvalue weighted by atomic mass is 10.0. The predicted octanol–water partition coefficient (Wildman–Crippen LogP) is 2.33. The Morgan fingerprint density at radius 1 is 1.40 bits per heavy atom. The molecule has 0 spiro atoms. The molecule has 1 heterocycles. The van der Waals surface area contributed by atoms with Gasteiger partial charge in [-0.1, -0.05) is 0 Å². The molecule has 0 bridgehead atoms. The van der Waals surface area contributed by atoms with Gasteiger partial charge in [0.1, 0.15) is 6.61 Å². The van der Waals surface area contributed by atoms with E-state index >= 15 is 0 Å². The highest BCUT2D eigenvalue weighted by Gasteiger charge is 2.20. The summed E-state index contributed by atoms with van der Waals surface area (Å²) in [5, 5.41) is 0. The van der Waals surface area contributed by atoms with E-state index in [0.29, 0.717) is 11.1 Å². The number of hydrogen-bond donors (Lipinski definition) is 0. The van der Waals surface area contributed by atoms with Crippen molar-refractivity contribution in [1.82, 2.24) is 0 Å². The molecule has 1 aliphatic rings. The van der Waals surface area contributed by atoms with Crippen LogP contribution in [-0.4, -0.2) is 12.4 Å². The summed E-state index contributed by atoms with van der Waals surface area (Å²) in [7, 11) is 0. The monoisotopic (exact) mass is 210 g/mol. The topological polar surface area (TPSA) is 26.3 Å². The van der Waals surface area contributed by atoms with Crippen molar-refractivity contribution < 1.29 is 18.3 Å². The third-order valence-corrected chi connectivity index (χ3v) is 2.23. The normalized spacial score (nSPS) is 13.9. The zero-order valence-corrected chi connectivity index (χ0v) is 8.01. The van der Waals surface area contributed by atoms with E-state index in [4.69, 9.17) is 4.74 Å². The lowest BCUT2D eigenvalue weighted by Gasteiger charge is -2.16. The molecule has 2 nitrogen and oxygen atoms in total. The van der Waals surface area contributed by atoms with Gasteiger partial charge in [-0.2, -0.15) is 4.39 Å². The molecule has 0 unspecified atom stereocenters. The molecule has 78 valence electrons. The number of carbonyl (C=O) groups excluding carboxylic acids is 1. The molecule has 4 heteroatoms. The smallest absolute Gasteiger partial charge is 0.201 e. The molecule has 15 heavy (non-hydrogen) atoms. The molecule has 0 fully saturated rings. The first-order chi connectivity index (χ1) is 7.09. The van der Waals surface area contributed by atoms with Gasteiger partial charge in [0.25, 0.3) is 0 Å². The maximum Gasteiger partial charge on any atom is 0.201 e. The Balaban J connectivity index is 2.53. The molecular formula is C11H8F2O2. The quantitative estimate of drug-likeness (QED) is 0.711. The highest BCUT2D eigenvalue weighted by atomic mass is 19.2. The minimum atomic E-state index is -1.01. The molecule has 0 radical (unpaired) electrons. The fraction of sp³-hybridized carbons (Fsp3) is 0.182. The van der Waals surface area contributed by atoms with Crippen molar-refractivity contribution in [3.8, 4) is 5.75 Å². The number of ketones is 1. The van der Waals surface area contributed by atoms with Crippen LogP contribution in [0.15, 0.2) is 17.7 Å². The molecule has 0 aliphatic carbocycles. The van der Waals surface area contributed by atoms with Crippen molar-refractivity contribution in [2.45, 2.75) is 6.92 Å². The first kappa shape index (κ1) is 9.83. The number of benzene rings is 1. The lowest BCUT2D eigenvalue weighted by molar-refractivity contribution is -0.113. The fourth-order valence-corrected chi connectivity index (χ4v) is 1.39. The zero-order chi connectivity index (χ0) is 11.0. The van der Waals surface area contributed by atoms with E-state index in [1.807, 2.05) is 0 Å². The summed E-state index contributed by atoms with van der Waals surface area (Å²) in [6.45, 7) is 1.39. The standard InChI is InChI=1S/C11H8F2O2/c1-6(14)8-4-7-2-3-9(12)10(13)11(7)15-5-8/h2-4H,5H2,1H3. The van der Waals surface area contributed by atoms with Crippen LogP contribution in [0.5, 0.6) is 5.75 Å². The Hall–Kier alpha value is -1.71. The van der Waals surface area contributed by atoms with E-state index in [1.165, 1.54) is 19.1 Å². The van der Waals surface area contributed by atoms with Gasteiger partial charge in [-0.25, -0.2) is 4.39 Å². The largest absolute Gasteiger partial charge is 0.485 e. The van der Waals surface area contributed by atoms with E-state index in [1.54, 1.807) is 0 Å². The van der Waals surface area contributed by atoms with E-state index in [0.717, 1.165) is 6.07 Å². The van der Waals surface area contributed by atoms with Crippen LogP contribution in [-0.2, 0) is 4.79 Å². The van der Waals surface area contributed by atoms with Gasteiger partial charge in [0.15, 0.2) is 17.3 Å². The van der Waals surface area contributed by atoms with Crippen molar-refractivity contribution >= 4 is 11.9 Å². The summed E-state index contributed by atoms with van der Waals surface area (Å²) < 4.78 is 31.0. The molecule has 0 atom stereocenters. The van der Waals surface area contributed by atoms with Crippen molar-refractivity contribution in [3.63, 3.8) is 0 Å². The zero-order valence-electron chi connectivity index (χ0n) is 8.01. The third-order valence-electron chi connectivity index (χ3n) is 2.23. The molecule has 0 saturated heterocycles. The summed E-state index contributed by atoms with van der Waals surface area (Å²) in [4.78, 5) is 11.0. The maximum atomic E-state index is 13.2. The fourth-order valence-electron chi connectivity index (χ4n) is 1.39. The number of halogens is 2. The minimum absolute atomic E-state index is 0.0112. The van der Waals surface area contributed by atoms with Crippen molar-refractivity contribution in [2.75, 3.05) is 6.61 Å². The summed E-state index contributed by atoms with van der Waals surface area (Å²) in [5.74, 6) is -2.22. The predicted molar refractivity (Wildman–Crippen MR) is 50.5 cm³/mol. The molecule has 1 aliphatic heterocycles. The van der Waals surface area contributed by atoms with Gasteiger partial charge in [-0.3, -0.25) is 4.79 Å². The molecule has 0 N–H and O–H groups in total. The summed E-state index contributed by atoms with van der Waals surface area (Å²) in [5.41, 5.74) is 0.846. The van der Waals surface area contributed by atoms with Crippen LogP contribution in [0.25, 0.3) is 6.08 Å². The second kappa shape index (κ2) is 3.46. The molecule has 0 saturated carbocycles. The number of ether oxygens (including phenoxy) is 1. The van der Waals surface area contributed by atoms with Crippen LogP contribution in [0.2, 0.25) is 0 Å². The van der Waals surface area contributed by atoms with Gasteiger partial charge in [0.05, 0.1) is 0 Å². The SMILES string of the molecule is CC(=O)C1=Cc2ccc(F)c(F)c2OC1. The van der Waals surface area contributed by atoms with Crippen molar-refractivity contribution in [3.05, 3.63) is 34.9 Å². The number of rotatable bonds is 1.